The van der Waals surface area contributed by atoms with E-state index in [0.717, 1.165) is 29.5 Å². The summed E-state index contributed by atoms with van der Waals surface area (Å²) in [5, 5.41) is 16.9. The molecule has 1 aliphatic carbocycles. The normalized spacial score (nSPS) is 19.3. The van der Waals surface area contributed by atoms with Crippen LogP contribution >= 0.6 is 0 Å². The zero-order valence-corrected chi connectivity index (χ0v) is 20.2. The van der Waals surface area contributed by atoms with Crippen LogP contribution in [-0.4, -0.2) is 46.8 Å². The Hall–Kier alpha value is -4.03. The number of hydrogen-bond donors (Lipinski definition) is 1. The molecule has 1 saturated heterocycles. The van der Waals surface area contributed by atoms with Crippen LogP contribution in [0.25, 0.3) is 11.1 Å². The molecule has 0 bridgehead atoms. The Morgan fingerprint density at radius 2 is 2.14 bits per heavy atom. The van der Waals surface area contributed by atoms with Crippen molar-refractivity contribution in [2.45, 2.75) is 32.2 Å². The quantitative estimate of drug-likeness (QED) is 0.498. The number of ether oxygens (including phenoxy) is 1. The molecule has 2 fully saturated rings. The molecule has 0 radical (unpaired) electrons. The minimum absolute atomic E-state index is 0.140. The lowest BCUT2D eigenvalue weighted by Gasteiger charge is -2.21. The van der Waals surface area contributed by atoms with Crippen LogP contribution in [0.5, 0.6) is 0 Å². The highest BCUT2D eigenvalue weighted by Gasteiger charge is 2.56. The predicted octanol–water partition coefficient (Wildman–Crippen LogP) is 3.43. The van der Waals surface area contributed by atoms with Gasteiger partial charge in [-0.25, -0.2) is 4.98 Å². The average Bonchev–Trinajstić information content (AvgIpc) is 3.53. The second kappa shape index (κ2) is 9.91. The Kier molecular flexibility index (Phi) is 6.53. The van der Waals surface area contributed by atoms with Crippen molar-refractivity contribution in [2.75, 3.05) is 30.5 Å². The van der Waals surface area contributed by atoms with Gasteiger partial charge in [-0.05, 0) is 42.4 Å². The maximum Gasteiger partial charge on any atom is 0.247 e. The van der Waals surface area contributed by atoms with Gasteiger partial charge in [-0.2, -0.15) is 10.4 Å². The van der Waals surface area contributed by atoms with Crippen LogP contribution in [0.1, 0.15) is 24.8 Å². The second-order valence-electron chi connectivity index (χ2n) is 9.37. The van der Waals surface area contributed by atoms with Gasteiger partial charge in [-0.1, -0.05) is 24.3 Å². The fraction of sp³-hybridized carbons (Fsp3) is 0.370. The fourth-order valence-electron chi connectivity index (χ4n) is 4.84. The number of aromatic nitrogens is 3. The summed E-state index contributed by atoms with van der Waals surface area (Å²) in [6.07, 6.45) is 7.91. The first-order valence-corrected chi connectivity index (χ1v) is 12.1. The monoisotopic (exact) mass is 484 g/mol. The Morgan fingerprint density at radius 1 is 1.28 bits per heavy atom. The number of benzene rings is 1. The lowest BCUT2D eigenvalue weighted by atomic mass is 9.83. The highest BCUT2D eigenvalue weighted by atomic mass is 16.5. The van der Waals surface area contributed by atoms with Crippen LogP contribution in [-0.2, 0) is 27.3 Å². The third-order valence-electron chi connectivity index (χ3n) is 6.94. The summed E-state index contributed by atoms with van der Waals surface area (Å²) in [5.41, 5.74) is 2.56. The number of nitriles is 1. The molecule has 2 aliphatic rings. The Morgan fingerprint density at radius 3 is 2.92 bits per heavy atom. The number of carbonyl (C=O) groups excluding carboxylic acids is 2. The fourth-order valence-corrected chi connectivity index (χ4v) is 4.84. The molecule has 1 N–H and O–H groups in total. The lowest BCUT2D eigenvalue weighted by molar-refractivity contribution is -0.123. The van der Waals surface area contributed by atoms with Crippen LogP contribution in [0.2, 0.25) is 0 Å². The molecule has 1 aliphatic heterocycles. The van der Waals surface area contributed by atoms with Crippen LogP contribution < -0.4 is 10.2 Å². The van der Waals surface area contributed by atoms with Gasteiger partial charge in [0.2, 0.25) is 11.8 Å². The Bertz CT molecular complexity index is 1320. The Balaban J connectivity index is 1.24. The molecule has 1 aromatic carbocycles. The van der Waals surface area contributed by atoms with Crippen molar-refractivity contribution >= 4 is 23.3 Å². The van der Waals surface area contributed by atoms with E-state index in [4.69, 9.17) is 4.74 Å². The van der Waals surface area contributed by atoms with Gasteiger partial charge in [-0.15, -0.1) is 0 Å². The van der Waals surface area contributed by atoms with E-state index in [-0.39, 0.29) is 24.2 Å². The summed E-state index contributed by atoms with van der Waals surface area (Å²) < 4.78 is 6.92. The number of hydrogen-bond acceptors (Lipinski definition) is 6. The molecule has 0 spiro atoms. The van der Waals surface area contributed by atoms with Crippen molar-refractivity contribution in [3.63, 3.8) is 0 Å². The molecule has 9 heteroatoms. The van der Waals surface area contributed by atoms with Crippen LogP contribution in [0.3, 0.4) is 0 Å². The lowest BCUT2D eigenvalue weighted by Crippen LogP contribution is -2.35. The van der Waals surface area contributed by atoms with Crippen molar-refractivity contribution in [3.05, 3.63) is 60.6 Å². The SMILES string of the molecule is COCCn1cc(-c2cccc(CC(=O)Nc3cc(N4CC[C@@](C#N)(C5CC5)C4=O)ccn3)c2)cn1. The largest absolute Gasteiger partial charge is 0.383 e. The van der Waals surface area contributed by atoms with E-state index >= 15 is 0 Å². The van der Waals surface area contributed by atoms with Crippen LogP contribution in [0.4, 0.5) is 11.5 Å². The van der Waals surface area contributed by atoms with Crippen LogP contribution in [0, 0.1) is 22.7 Å². The second-order valence-corrected chi connectivity index (χ2v) is 9.37. The standard InChI is InChI=1S/C27H28N6O3/c1-36-12-11-32-17-21(16-30-32)20-4-2-3-19(13-20)14-25(34)31-24-15-23(7-9-29-24)33-10-8-27(18-28,26(33)35)22-5-6-22/h2-4,7,9,13,15-17,22H,5-6,8,10-12,14H2,1H3,(H,29,31,34)/t27-/m1/s1. The van der Waals surface area contributed by atoms with E-state index in [1.165, 1.54) is 0 Å². The van der Waals surface area contributed by atoms with Crippen LogP contribution in [0.15, 0.2) is 55.0 Å². The first kappa shape index (κ1) is 23.7. The molecule has 1 atom stereocenters. The molecule has 9 nitrogen and oxygen atoms in total. The summed E-state index contributed by atoms with van der Waals surface area (Å²) in [6, 6.07) is 13.5. The number of anilines is 2. The Labute approximate surface area is 209 Å². The summed E-state index contributed by atoms with van der Waals surface area (Å²) in [6.45, 7) is 1.75. The zero-order valence-electron chi connectivity index (χ0n) is 20.2. The van der Waals surface area contributed by atoms with Gasteiger partial charge in [-0.3, -0.25) is 14.3 Å². The highest BCUT2D eigenvalue weighted by molar-refractivity contribution is 6.02. The maximum atomic E-state index is 13.1. The van der Waals surface area contributed by atoms with Gasteiger partial charge < -0.3 is 15.0 Å². The van der Waals surface area contributed by atoms with Crippen molar-refractivity contribution in [2.24, 2.45) is 11.3 Å². The highest BCUT2D eigenvalue weighted by Crippen LogP contribution is 2.51. The van der Waals surface area contributed by atoms with Crippen molar-refractivity contribution in [1.82, 2.24) is 14.8 Å². The third kappa shape index (κ3) is 4.72. The third-order valence-corrected chi connectivity index (χ3v) is 6.94. The molecule has 0 unspecified atom stereocenters. The molecule has 36 heavy (non-hydrogen) atoms. The van der Waals surface area contributed by atoms with Gasteiger partial charge in [0.25, 0.3) is 0 Å². The van der Waals surface area contributed by atoms with Gasteiger partial charge in [0.15, 0.2) is 0 Å². The van der Waals surface area contributed by atoms with E-state index < -0.39 is 5.41 Å². The van der Waals surface area contributed by atoms with Gasteiger partial charge in [0, 0.05) is 43.4 Å². The molecule has 1 saturated carbocycles. The molecular weight excluding hydrogens is 456 g/mol. The first-order valence-electron chi connectivity index (χ1n) is 12.1. The van der Waals surface area contributed by atoms with Crippen molar-refractivity contribution < 1.29 is 14.3 Å². The summed E-state index contributed by atoms with van der Waals surface area (Å²) in [7, 11) is 1.66. The molecule has 184 valence electrons. The average molecular weight is 485 g/mol. The number of pyridine rings is 1. The van der Waals surface area contributed by atoms with Crippen molar-refractivity contribution in [1.29, 1.82) is 5.26 Å². The van der Waals surface area contributed by atoms with Gasteiger partial charge in [0.05, 0.1) is 31.8 Å². The number of amides is 2. The predicted molar refractivity (Wildman–Crippen MR) is 134 cm³/mol. The zero-order chi connectivity index (χ0) is 25.1. The maximum absolute atomic E-state index is 13.1. The van der Waals surface area contributed by atoms with E-state index in [1.54, 1.807) is 36.5 Å². The van der Waals surface area contributed by atoms with E-state index in [0.29, 0.717) is 37.6 Å². The minimum atomic E-state index is -0.905. The number of methoxy groups -OCH3 is 1. The topological polar surface area (TPSA) is 113 Å². The van der Waals surface area contributed by atoms with Gasteiger partial charge in [0.1, 0.15) is 11.2 Å². The van der Waals surface area contributed by atoms with E-state index in [9.17, 15) is 14.9 Å². The number of rotatable bonds is 9. The summed E-state index contributed by atoms with van der Waals surface area (Å²) in [5.74, 6) is 0.196. The molecule has 3 heterocycles. The summed E-state index contributed by atoms with van der Waals surface area (Å²) in [4.78, 5) is 31.8. The number of carbonyl (C=O) groups is 2. The smallest absolute Gasteiger partial charge is 0.247 e. The van der Waals surface area contributed by atoms with Gasteiger partial charge >= 0.3 is 0 Å². The van der Waals surface area contributed by atoms with E-state index in [1.807, 2.05) is 35.1 Å². The first-order chi connectivity index (χ1) is 17.5. The molecule has 2 amide bonds. The summed E-state index contributed by atoms with van der Waals surface area (Å²) >= 11 is 0. The molecular formula is C27H28N6O3. The molecule has 3 aromatic rings. The van der Waals surface area contributed by atoms with E-state index in [2.05, 4.69) is 21.5 Å². The molecule has 5 rings (SSSR count). The minimum Gasteiger partial charge on any atom is -0.383 e. The van der Waals surface area contributed by atoms with Crippen molar-refractivity contribution in [3.8, 4) is 17.2 Å². The molecule has 2 aromatic heterocycles. The number of nitrogens with one attached hydrogen (secondary N) is 1. The number of nitrogens with zero attached hydrogens (tertiary/aromatic N) is 5.